The van der Waals surface area contributed by atoms with Gasteiger partial charge in [-0.1, -0.05) is 27.2 Å². The summed E-state index contributed by atoms with van der Waals surface area (Å²) in [6, 6.07) is 0.378. The molecule has 0 aromatic rings. The van der Waals surface area contributed by atoms with Gasteiger partial charge in [-0.2, -0.15) is 0 Å². The van der Waals surface area contributed by atoms with Crippen LogP contribution in [-0.2, 0) is 4.79 Å². The van der Waals surface area contributed by atoms with Gasteiger partial charge in [-0.25, -0.2) is 0 Å². The molecule has 1 heterocycles. The fourth-order valence-corrected chi connectivity index (χ4v) is 1.96. The molecule has 1 amide bonds. The van der Waals surface area contributed by atoms with Crippen LogP contribution < -0.4 is 10.6 Å². The van der Waals surface area contributed by atoms with Crippen LogP contribution in [0.4, 0.5) is 0 Å². The number of carbonyl (C=O) groups is 1. The molecule has 1 rings (SSSR count). The number of rotatable bonds is 4. The predicted molar refractivity (Wildman–Crippen MR) is 62.7 cm³/mol. The maximum atomic E-state index is 11.7. The topological polar surface area (TPSA) is 41.1 Å². The lowest BCUT2D eigenvalue weighted by atomic mass is 9.94. The van der Waals surface area contributed by atoms with Gasteiger partial charge in [0, 0.05) is 12.5 Å². The zero-order chi connectivity index (χ0) is 11.3. The molecule has 3 heteroatoms. The van der Waals surface area contributed by atoms with Crippen molar-refractivity contribution >= 4 is 5.91 Å². The zero-order valence-corrected chi connectivity index (χ0v) is 10.2. The molecule has 0 spiro atoms. The molecule has 3 nitrogen and oxygen atoms in total. The van der Waals surface area contributed by atoms with Crippen molar-refractivity contribution in [3.8, 4) is 0 Å². The number of hydrogen-bond donors (Lipinski definition) is 2. The molecule has 88 valence electrons. The van der Waals surface area contributed by atoms with Crippen LogP contribution in [0.1, 0.15) is 40.0 Å². The molecule has 0 bridgehead atoms. The number of hydrogen-bond acceptors (Lipinski definition) is 2. The van der Waals surface area contributed by atoms with E-state index in [9.17, 15) is 4.79 Å². The van der Waals surface area contributed by atoms with Gasteiger partial charge in [-0.05, 0) is 31.3 Å². The number of carbonyl (C=O) groups excluding carboxylic acids is 1. The largest absolute Gasteiger partial charge is 0.353 e. The Hall–Kier alpha value is -0.570. The summed E-state index contributed by atoms with van der Waals surface area (Å²) in [5, 5.41) is 6.49. The quantitative estimate of drug-likeness (QED) is 0.742. The van der Waals surface area contributed by atoms with E-state index in [1.165, 1.54) is 0 Å². The molecule has 3 unspecified atom stereocenters. The minimum absolute atomic E-state index is 0.225. The van der Waals surface area contributed by atoms with E-state index in [0.717, 1.165) is 25.9 Å². The van der Waals surface area contributed by atoms with Crippen molar-refractivity contribution in [1.82, 2.24) is 10.6 Å². The molecule has 15 heavy (non-hydrogen) atoms. The van der Waals surface area contributed by atoms with Crippen molar-refractivity contribution in [2.24, 2.45) is 11.8 Å². The third kappa shape index (κ3) is 4.20. The molecular formula is C12H24N2O. The van der Waals surface area contributed by atoms with Crippen LogP contribution in [0.3, 0.4) is 0 Å². The fourth-order valence-electron chi connectivity index (χ4n) is 1.96. The van der Waals surface area contributed by atoms with Crippen molar-refractivity contribution in [2.45, 2.75) is 46.1 Å². The Labute approximate surface area is 93.0 Å². The van der Waals surface area contributed by atoms with Gasteiger partial charge in [0.25, 0.3) is 0 Å². The van der Waals surface area contributed by atoms with Gasteiger partial charge in [0.05, 0.1) is 0 Å². The molecule has 2 N–H and O–H groups in total. The van der Waals surface area contributed by atoms with E-state index in [1.54, 1.807) is 0 Å². The highest BCUT2D eigenvalue weighted by atomic mass is 16.1. The first kappa shape index (κ1) is 12.5. The molecule has 1 aliphatic heterocycles. The summed E-state index contributed by atoms with van der Waals surface area (Å²) < 4.78 is 0. The second-order valence-corrected chi connectivity index (χ2v) is 4.86. The summed E-state index contributed by atoms with van der Waals surface area (Å²) >= 11 is 0. The summed E-state index contributed by atoms with van der Waals surface area (Å²) in [4.78, 5) is 11.7. The Morgan fingerprint density at radius 3 is 2.93 bits per heavy atom. The smallest absolute Gasteiger partial charge is 0.220 e. The minimum Gasteiger partial charge on any atom is -0.353 e. The second-order valence-electron chi connectivity index (χ2n) is 4.86. The Bertz CT molecular complexity index is 206. The van der Waals surface area contributed by atoms with Gasteiger partial charge in [-0.3, -0.25) is 4.79 Å². The van der Waals surface area contributed by atoms with Crippen molar-refractivity contribution in [2.75, 3.05) is 13.1 Å². The standard InChI is InChI=1S/C12H24N2O/c1-4-9(2)7-12(15)14-11-5-6-13-8-10(11)3/h9-11,13H,4-8H2,1-3H3,(H,14,15). The lowest BCUT2D eigenvalue weighted by Crippen LogP contribution is -2.48. The predicted octanol–water partition coefficient (Wildman–Crippen LogP) is 1.54. The third-order valence-electron chi connectivity index (χ3n) is 3.36. The highest BCUT2D eigenvalue weighted by Gasteiger charge is 2.22. The first-order valence-electron chi connectivity index (χ1n) is 6.13. The van der Waals surface area contributed by atoms with Crippen LogP contribution >= 0.6 is 0 Å². The lowest BCUT2D eigenvalue weighted by molar-refractivity contribution is -0.123. The summed E-state index contributed by atoms with van der Waals surface area (Å²) in [5.41, 5.74) is 0. The summed E-state index contributed by atoms with van der Waals surface area (Å²) in [6.07, 6.45) is 2.82. The molecule has 0 aromatic heterocycles. The van der Waals surface area contributed by atoms with Gasteiger partial charge < -0.3 is 10.6 Å². The van der Waals surface area contributed by atoms with Crippen molar-refractivity contribution in [1.29, 1.82) is 0 Å². The average molecular weight is 212 g/mol. The molecule has 1 fully saturated rings. The van der Waals surface area contributed by atoms with E-state index in [1.807, 2.05) is 0 Å². The average Bonchev–Trinajstić information content (AvgIpc) is 2.21. The fraction of sp³-hybridized carbons (Fsp3) is 0.917. The maximum absolute atomic E-state index is 11.7. The Kier molecular flexibility index (Phi) is 5.09. The van der Waals surface area contributed by atoms with E-state index >= 15 is 0 Å². The van der Waals surface area contributed by atoms with E-state index in [4.69, 9.17) is 0 Å². The van der Waals surface area contributed by atoms with Crippen molar-refractivity contribution in [3.05, 3.63) is 0 Å². The number of nitrogens with one attached hydrogen (secondary N) is 2. The van der Waals surface area contributed by atoms with Crippen molar-refractivity contribution < 1.29 is 4.79 Å². The first-order chi connectivity index (χ1) is 7.13. The minimum atomic E-state index is 0.225. The zero-order valence-electron chi connectivity index (χ0n) is 10.2. The molecule has 1 saturated heterocycles. The molecule has 0 aromatic carbocycles. The van der Waals surface area contributed by atoms with Crippen molar-refractivity contribution in [3.63, 3.8) is 0 Å². The van der Waals surface area contributed by atoms with Crippen LogP contribution in [-0.4, -0.2) is 25.0 Å². The highest BCUT2D eigenvalue weighted by Crippen LogP contribution is 2.12. The van der Waals surface area contributed by atoms with E-state index in [-0.39, 0.29) is 5.91 Å². The summed E-state index contributed by atoms with van der Waals surface area (Å²) in [7, 11) is 0. The van der Waals surface area contributed by atoms with Gasteiger partial charge in [0.1, 0.15) is 0 Å². The van der Waals surface area contributed by atoms with Crippen LogP contribution in [0.5, 0.6) is 0 Å². The van der Waals surface area contributed by atoms with Gasteiger partial charge in [0.15, 0.2) is 0 Å². The van der Waals surface area contributed by atoms with Crippen LogP contribution in [0.2, 0.25) is 0 Å². The summed E-state index contributed by atoms with van der Waals surface area (Å²) in [6.45, 7) is 8.50. The SMILES string of the molecule is CCC(C)CC(=O)NC1CCNCC1C. The Morgan fingerprint density at radius 1 is 1.60 bits per heavy atom. The molecular weight excluding hydrogens is 188 g/mol. The van der Waals surface area contributed by atoms with E-state index in [2.05, 4.69) is 31.4 Å². The molecule has 3 atom stereocenters. The van der Waals surface area contributed by atoms with Gasteiger partial charge in [0.2, 0.25) is 5.91 Å². The maximum Gasteiger partial charge on any atom is 0.220 e. The van der Waals surface area contributed by atoms with Crippen LogP contribution in [0.25, 0.3) is 0 Å². The molecule has 0 saturated carbocycles. The first-order valence-corrected chi connectivity index (χ1v) is 6.13. The molecule has 0 radical (unpaired) electrons. The lowest BCUT2D eigenvalue weighted by Gasteiger charge is -2.30. The highest BCUT2D eigenvalue weighted by molar-refractivity contribution is 5.76. The van der Waals surface area contributed by atoms with E-state index in [0.29, 0.717) is 24.3 Å². The second kappa shape index (κ2) is 6.11. The summed E-state index contributed by atoms with van der Waals surface area (Å²) in [5.74, 6) is 1.28. The molecule has 0 aliphatic carbocycles. The third-order valence-corrected chi connectivity index (χ3v) is 3.36. The van der Waals surface area contributed by atoms with E-state index < -0.39 is 0 Å². The Balaban J connectivity index is 2.29. The monoisotopic (exact) mass is 212 g/mol. The normalized spacial score (nSPS) is 28.5. The number of amides is 1. The van der Waals surface area contributed by atoms with Gasteiger partial charge in [-0.15, -0.1) is 0 Å². The molecule has 1 aliphatic rings. The van der Waals surface area contributed by atoms with Gasteiger partial charge >= 0.3 is 0 Å². The Morgan fingerprint density at radius 2 is 2.33 bits per heavy atom. The number of piperidine rings is 1. The van der Waals surface area contributed by atoms with Crippen LogP contribution in [0, 0.1) is 11.8 Å². The van der Waals surface area contributed by atoms with Crippen LogP contribution in [0.15, 0.2) is 0 Å².